The van der Waals surface area contributed by atoms with Crippen LogP contribution in [0.5, 0.6) is 0 Å². The normalized spacial score (nSPS) is 46.5. The molecule has 4 saturated carbocycles. The topological polar surface area (TPSA) is 107 Å². The minimum Gasteiger partial charge on any atom is -0.480 e. The summed E-state index contributed by atoms with van der Waals surface area (Å²) in [6.07, 6.45) is 9.12. The molecule has 4 aliphatic rings. The maximum Gasteiger partial charge on any atom is 0.322 e. The number of aliphatic hydroxyl groups excluding tert-OH is 2. The summed E-state index contributed by atoms with van der Waals surface area (Å²) < 4.78 is 0. The number of carboxylic acid groups (broad SMARTS) is 1. The minimum absolute atomic E-state index is 0.102. The summed E-state index contributed by atoms with van der Waals surface area (Å²) in [5, 5.41) is 33.0. The molecule has 0 aromatic carbocycles. The Bertz CT molecular complexity index is 727. The molecule has 1 amide bonds. The van der Waals surface area contributed by atoms with Gasteiger partial charge in [-0.05, 0) is 104 Å². The lowest BCUT2D eigenvalue weighted by atomic mass is 9.43. The number of amides is 1. The average molecular weight is 450 g/mol. The highest BCUT2D eigenvalue weighted by atomic mass is 16.4. The Kier molecular flexibility index (Phi) is 6.68. The van der Waals surface area contributed by atoms with Crippen LogP contribution in [0, 0.1) is 46.3 Å². The minimum atomic E-state index is -1.02. The highest BCUT2D eigenvalue weighted by molar-refractivity contribution is 5.81. The summed E-state index contributed by atoms with van der Waals surface area (Å²) in [5.41, 5.74) is 0.145. The van der Waals surface area contributed by atoms with Gasteiger partial charge in [0.05, 0.1) is 12.2 Å². The smallest absolute Gasteiger partial charge is 0.322 e. The summed E-state index contributed by atoms with van der Waals surface area (Å²) >= 11 is 0. The largest absolute Gasteiger partial charge is 0.480 e. The second kappa shape index (κ2) is 8.90. The van der Waals surface area contributed by atoms with Gasteiger partial charge in [-0.15, -0.1) is 0 Å². The monoisotopic (exact) mass is 449 g/mol. The highest BCUT2D eigenvalue weighted by Gasteiger charge is 2.63. The first-order chi connectivity index (χ1) is 15.1. The van der Waals surface area contributed by atoms with E-state index in [-0.39, 0.29) is 35.5 Å². The van der Waals surface area contributed by atoms with Crippen LogP contribution < -0.4 is 5.32 Å². The molecule has 0 bridgehead atoms. The Morgan fingerprint density at radius 1 is 1.03 bits per heavy atom. The Balaban J connectivity index is 1.45. The molecule has 32 heavy (non-hydrogen) atoms. The fraction of sp³-hybridized carbons (Fsp3) is 0.923. The summed E-state index contributed by atoms with van der Waals surface area (Å²) in [6.45, 7) is 6.65. The fourth-order valence-electron chi connectivity index (χ4n) is 8.98. The van der Waals surface area contributed by atoms with Gasteiger partial charge in [-0.3, -0.25) is 9.59 Å². The van der Waals surface area contributed by atoms with E-state index in [1.165, 1.54) is 12.8 Å². The molecule has 0 spiro atoms. The second-order valence-corrected chi connectivity index (χ2v) is 12.1. The van der Waals surface area contributed by atoms with Crippen LogP contribution in [0.15, 0.2) is 0 Å². The summed E-state index contributed by atoms with van der Waals surface area (Å²) in [6, 6.07) is 0. The van der Waals surface area contributed by atoms with Gasteiger partial charge in [-0.25, -0.2) is 0 Å². The lowest BCUT2D eigenvalue weighted by Crippen LogP contribution is -2.58. The molecule has 182 valence electrons. The SMILES string of the molecule is C[C@H](CCC(=O)NCC(=O)O)[C@H]1CC[C@@H]2[C@@H]3CC[C@@H]4C[C@H](O)CC[C@]4(C)[C@H]3C[C@H](O)[C@@]21C. The number of carbonyl (C=O) groups is 2. The van der Waals surface area contributed by atoms with Crippen LogP contribution in [0.25, 0.3) is 0 Å². The van der Waals surface area contributed by atoms with Crippen molar-refractivity contribution in [3.63, 3.8) is 0 Å². The first-order valence-electron chi connectivity index (χ1n) is 12.9. The molecule has 4 rings (SSSR count). The number of aliphatic hydroxyl groups is 2. The van der Waals surface area contributed by atoms with Gasteiger partial charge in [0.15, 0.2) is 0 Å². The zero-order valence-corrected chi connectivity index (χ0v) is 20.1. The first-order valence-corrected chi connectivity index (χ1v) is 12.9. The Morgan fingerprint density at radius 2 is 1.78 bits per heavy atom. The van der Waals surface area contributed by atoms with Gasteiger partial charge in [0.1, 0.15) is 6.54 Å². The van der Waals surface area contributed by atoms with Crippen molar-refractivity contribution in [2.24, 2.45) is 46.3 Å². The van der Waals surface area contributed by atoms with Crippen LogP contribution in [0.4, 0.5) is 0 Å². The van der Waals surface area contributed by atoms with Crippen LogP contribution in [0.1, 0.15) is 85.0 Å². The Hall–Kier alpha value is -1.14. The van der Waals surface area contributed by atoms with Crippen LogP contribution in [0.3, 0.4) is 0 Å². The molecule has 4 N–H and O–H groups in total. The van der Waals surface area contributed by atoms with Crippen molar-refractivity contribution in [1.82, 2.24) is 5.32 Å². The van der Waals surface area contributed by atoms with E-state index in [1.54, 1.807) is 0 Å². The summed E-state index contributed by atoms with van der Waals surface area (Å²) in [5.74, 6) is 1.84. The molecule has 0 unspecified atom stereocenters. The second-order valence-electron chi connectivity index (χ2n) is 12.1. The number of hydrogen-bond donors (Lipinski definition) is 4. The Labute approximate surface area is 192 Å². The molecule has 10 atom stereocenters. The molecule has 0 heterocycles. The predicted octanol–water partition coefficient (Wildman–Crippen LogP) is 3.59. The van der Waals surface area contributed by atoms with Crippen molar-refractivity contribution < 1.29 is 24.9 Å². The molecule has 0 saturated heterocycles. The van der Waals surface area contributed by atoms with Gasteiger partial charge in [0, 0.05) is 6.42 Å². The van der Waals surface area contributed by atoms with E-state index < -0.39 is 5.97 Å². The van der Waals surface area contributed by atoms with E-state index in [0.717, 1.165) is 44.9 Å². The number of nitrogens with one attached hydrogen (secondary N) is 1. The highest BCUT2D eigenvalue weighted by Crippen LogP contribution is 2.68. The van der Waals surface area contributed by atoms with E-state index in [4.69, 9.17) is 5.11 Å². The molecular weight excluding hydrogens is 406 g/mol. The van der Waals surface area contributed by atoms with Gasteiger partial charge in [0.2, 0.25) is 5.91 Å². The van der Waals surface area contributed by atoms with Crippen molar-refractivity contribution in [3.8, 4) is 0 Å². The molecule has 6 heteroatoms. The molecule has 0 aromatic rings. The van der Waals surface area contributed by atoms with Crippen molar-refractivity contribution >= 4 is 11.9 Å². The number of hydrogen-bond acceptors (Lipinski definition) is 4. The lowest BCUT2D eigenvalue weighted by molar-refractivity contribution is -0.175. The predicted molar refractivity (Wildman–Crippen MR) is 122 cm³/mol. The number of carboxylic acids is 1. The van der Waals surface area contributed by atoms with Crippen LogP contribution >= 0.6 is 0 Å². The molecule has 4 fully saturated rings. The fourth-order valence-corrected chi connectivity index (χ4v) is 8.98. The van der Waals surface area contributed by atoms with Gasteiger partial charge >= 0.3 is 5.97 Å². The molecule has 0 aliphatic heterocycles. The maximum atomic E-state index is 12.0. The van der Waals surface area contributed by atoms with Crippen molar-refractivity contribution in [2.45, 2.75) is 97.2 Å². The Morgan fingerprint density at radius 3 is 2.50 bits per heavy atom. The van der Waals surface area contributed by atoms with Crippen LogP contribution in [-0.2, 0) is 9.59 Å². The van der Waals surface area contributed by atoms with E-state index in [9.17, 15) is 19.8 Å². The van der Waals surface area contributed by atoms with E-state index in [1.807, 2.05) is 0 Å². The molecule has 6 nitrogen and oxygen atoms in total. The van der Waals surface area contributed by atoms with E-state index >= 15 is 0 Å². The van der Waals surface area contributed by atoms with Crippen LogP contribution in [-0.4, -0.2) is 45.9 Å². The summed E-state index contributed by atoms with van der Waals surface area (Å²) in [7, 11) is 0. The van der Waals surface area contributed by atoms with Gasteiger partial charge in [-0.2, -0.15) is 0 Å². The average Bonchev–Trinajstić information content (AvgIpc) is 3.10. The standard InChI is InChI=1S/C26H43NO5/c1-15(4-9-23(30)27-14-24(31)32)19-7-8-20-18-6-5-16-12-17(28)10-11-25(16,2)21(18)13-22(29)26(19,20)3/h15-22,28-29H,4-14H2,1-3H3,(H,27,30)(H,31,32)/t15-,16-,17-,18+,19-,20-,21+,22+,25+,26-/m1/s1. The van der Waals surface area contributed by atoms with Crippen LogP contribution in [0.2, 0.25) is 0 Å². The molecular formula is C26H43NO5. The molecule has 0 radical (unpaired) electrons. The quantitative estimate of drug-likeness (QED) is 0.496. The van der Waals surface area contributed by atoms with Crippen molar-refractivity contribution in [3.05, 3.63) is 0 Å². The number of aliphatic carboxylic acids is 1. The summed E-state index contributed by atoms with van der Waals surface area (Å²) in [4.78, 5) is 22.7. The zero-order valence-electron chi connectivity index (χ0n) is 20.1. The van der Waals surface area contributed by atoms with Gasteiger partial charge < -0.3 is 20.6 Å². The number of fused-ring (bicyclic) bond motifs is 5. The third-order valence-corrected chi connectivity index (χ3v) is 10.8. The maximum absolute atomic E-state index is 12.0. The van der Waals surface area contributed by atoms with E-state index in [2.05, 4.69) is 26.1 Å². The lowest BCUT2D eigenvalue weighted by Gasteiger charge is -2.62. The first kappa shape index (κ1) is 24.0. The van der Waals surface area contributed by atoms with Crippen molar-refractivity contribution in [2.75, 3.05) is 6.54 Å². The third kappa shape index (κ3) is 4.00. The number of carbonyl (C=O) groups excluding carboxylic acids is 1. The molecule has 4 aliphatic carbocycles. The third-order valence-electron chi connectivity index (χ3n) is 10.8. The van der Waals surface area contributed by atoms with Crippen molar-refractivity contribution in [1.29, 1.82) is 0 Å². The van der Waals surface area contributed by atoms with Gasteiger partial charge in [0.25, 0.3) is 0 Å². The molecule has 0 aromatic heterocycles. The number of rotatable bonds is 6. The zero-order chi connectivity index (χ0) is 23.3. The van der Waals surface area contributed by atoms with Gasteiger partial charge in [-0.1, -0.05) is 20.8 Å². The van der Waals surface area contributed by atoms with E-state index in [0.29, 0.717) is 41.9 Å².